The molecule has 15 heavy (non-hydrogen) atoms. The summed E-state index contributed by atoms with van der Waals surface area (Å²) in [6, 6.07) is 0. The third-order valence-corrected chi connectivity index (χ3v) is 1.91. The van der Waals surface area contributed by atoms with Crippen LogP contribution in [0.2, 0.25) is 0 Å². The Morgan fingerprint density at radius 2 is 1.80 bits per heavy atom. The molecule has 1 unspecified atom stereocenters. The van der Waals surface area contributed by atoms with Crippen LogP contribution in [0.1, 0.15) is 32.1 Å². The summed E-state index contributed by atoms with van der Waals surface area (Å²) in [5.74, 6) is -0.432. The van der Waals surface area contributed by atoms with Gasteiger partial charge in [-0.05, 0) is 25.7 Å². The third kappa shape index (κ3) is 9.65. The Hall–Kier alpha value is -0.650. The summed E-state index contributed by atoms with van der Waals surface area (Å²) < 4.78 is 4.82. The lowest BCUT2D eigenvalue weighted by Crippen LogP contribution is -2.16. The molecule has 1 atom stereocenters. The highest BCUT2D eigenvalue weighted by atomic mass is 16.5. The fraction of sp³-hybridized carbons (Fsp3) is 0.900. The number of hydrogen-bond donors (Lipinski definition) is 3. The Kier molecular flexibility index (Phi) is 9.46. The van der Waals surface area contributed by atoms with Crippen LogP contribution >= 0.6 is 0 Å². The Morgan fingerprint density at radius 3 is 2.40 bits per heavy atom. The minimum absolute atomic E-state index is 0.0165. The van der Waals surface area contributed by atoms with E-state index in [0.717, 1.165) is 0 Å². The van der Waals surface area contributed by atoms with E-state index < -0.39 is 12.1 Å². The van der Waals surface area contributed by atoms with Gasteiger partial charge >= 0.3 is 5.97 Å². The predicted octanol–water partition coefficient (Wildman–Crippen LogP) is -0.174. The van der Waals surface area contributed by atoms with Crippen molar-refractivity contribution in [1.82, 2.24) is 0 Å². The Labute approximate surface area is 89.7 Å². The SMILES string of the molecule is O=C(CC(O)CCCO)OCCCCO. The Balaban J connectivity index is 3.38. The highest BCUT2D eigenvalue weighted by Gasteiger charge is 2.11. The Morgan fingerprint density at radius 1 is 1.13 bits per heavy atom. The maximum Gasteiger partial charge on any atom is 0.308 e. The summed E-state index contributed by atoms with van der Waals surface area (Å²) in [5, 5.41) is 26.3. The topological polar surface area (TPSA) is 87.0 Å². The van der Waals surface area contributed by atoms with E-state index in [0.29, 0.717) is 25.7 Å². The first-order chi connectivity index (χ1) is 7.20. The van der Waals surface area contributed by atoms with Gasteiger partial charge in [-0.25, -0.2) is 0 Å². The molecule has 5 nitrogen and oxygen atoms in total. The maximum absolute atomic E-state index is 11.1. The quantitative estimate of drug-likeness (QED) is 0.371. The lowest BCUT2D eigenvalue weighted by atomic mass is 10.1. The summed E-state index contributed by atoms with van der Waals surface area (Å²) in [6.45, 7) is 0.394. The largest absolute Gasteiger partial charge is 0.466 e. The zero-order valence-electron chi connectivity index (χ0n) is 8.89. The molecule has 0 aliphatic heterocycles. The summed E-state index contributed by atoms with van der Waals surface area (Å²) >= 11 is 0. The van der Waals surface area contributed by atoms with E-state index in [1.165, 1.54) is 0 Å². The van der Waals surface area contributed by atoms with Crippen molar-refractivity contribution in [1.29, 1.82) is 0 Å². The van der Waals surface area contributed by atoms with Crippen molar-refractivity contribution >= 4 is 5.97 Å². The van der Waals surface area contributed by atoms with E-state index >= 15 is 0 Å². The van der Waals surface area contributed by atoms with Crippen molar-refractivity contribution in [3.63, 3.8) is 0 Å². The lowest BCUT2D eigenvalue weighted by Gasteiger charge is -2.09. The molecule has 0 rings (SSSR count). The molecule has 5 heteroatoms. The van der Waals surface area contributed by atoms with E-state index in [9.17, 15) is 9.90 Å². The van der Waals surface area contributed by atoms with Crippen LogP contribution in [0.4, 0.5) is 0 Å². The van der Waals surface area contributed by atoms with Gasteiger partial charge in [0.25, 0.3) is 0 Å². The molecular weight excluding hydrogens is 200 g/mol. The maximum atomic E-state index is 11.1. The normalized spacial score (nSPS) is 12.5. The fourth-order valence-corrected chi connectivity index (χ4v) is 1.08. The van der Waals surface area contributed by atoms with Crippen molar-refractivity contribution in [2.75, 3.05) is 19.8 Å². The first-order valence-electron chi connectivity index (χ1n) is 5.26. The van der Waals surface area contributed by atoms with Gasteiger partial charge in [-0.15, -0.1) is 0 Å². The minimum Gasteiger partial charge on any atom is -0.466 e. The van der Waals surface area contributed by atoms with Gasteiger partial charge in [0.2, 0.25) is 0 Å². The molecule has 0 aliphatic carbocycles. The van der Waals surface area contributed by atoms with Gasteiger partial charge in [0, 0.05) is 13.2 Å². The van der Waals surface area contributed by atoms with E-state index in [1.807, 2.05) is 0 Å². The van der Waals surface area contributed by atoms with Crippen LogP contribution in [0.15, 0.2) is 0 Å². The van der Waals surface area contributed by atoms with Crippen LogP contribution in [-0.2, 0) is 9.53 Å². The van der Waals surface area contributed by atoms with Crippen LogP contribution in [0.25, 0.3) is 0 Å². The summed E-state index contributed by atoms with van der Waals surface area (Å²) in [5.41, 5.74) is 0. The average molecular weight is 220 g/mol. The standard InChI is InChI=1S/C10H20O5/c11-5-1-2-7-15-10(14)8-9(13)4-3-6-12/h9,11-13H,1-8H2. The second kappa shape index (κ2) is 9.89. The Bertz CT molecular complexity index is 160. The van der Waals surface area contributed by atoms with Crippen LogP contribution in [0.3, 0.4) is 0 Å². The lowest BCUT2D eigenvalue weighted by molar-refractivity contribution is -0.146. The number of rotatable bonds is 9. The van der Waals surface area contributed by atoms with Crippen LogP contribution < -0.4 is 0 Å². The monoisotopic (exact) mass is 220 g/mol. The number of aliphatic hydroxyl groups excluding tert-OH is 3. The number of unbranched alkanes of at least 4 members (excludes halogenated alkanes) is 1. The van der Waals surface area contributed by atoms with E-state index in [1.54, 1.807) is 0 Å². The summed E-state index contributed by atoms with van der Waals surface area (Å²) in [4.78, 5) is 11.1. The molecule has 0 spiro atoms. The van der Waals surface area contributed by atoms with Crippen molar-refractivity contribution in [2.45, 2.75) is 38.2 Å². The van der Waals surface area contributed by atoms with Crippen molar-refractivity contribution in [3.8, 4) is 0 Å². The second-order valence-electron chi connectivity index (χ2n) is 3.37. The molecule has 0 bridgehead atoms. The van der Waals surface area contributed by atoms with Crippen molar-refractivity contribution in [3.05, 3.63) is 0 Å². The van der Waals surface area contributed by atoms with Gasteiger partial charge in [0.15, 0.2) is 0 Å². The van der Waals surface area contributed by atoms with Gasteiger partial charge in [-0.2, -0.15) is 0 Å². The molecule has 0 amide bonds. The highest BCUT2D eigenvalue weighted by molar-refractivity contribution is 5.69. The fourth-order valence-electron chi connectivity index (χ4n) is 1.08. The molecule has 3 N–H and O–H groups in total. The third-order valence-electron chi connectivity index (χ3n) is 1.91. The molecule has 90 valence electrons. The van der Waals surface area contributed by atoms with E-state index in [-0.39, 0.29) is 26.2 Å². The van der Waals surface area contributed by atoms with Gasteiger partial charge in [-0.3, -0.25) is 4.79 Å². The van der Waals surface area contributed by atoms with E-state index in [4.69, 9.17) is 14.9 Å². The van der Waals surface area contributed by atoms with Crippen LogP contribution in [0, 0.1) is 0 Å². The molecule has 0 aliphatic rings. The molecule has 0 heterocycles. The number of ether oxygens (including phenoxy) is 1. The molecular formula is C10H20O5. The zero-order valence-corrected chi connectivity index (χ0v) is 8.89. The number of aliphatic hydroxyl groups is 3. The predicted molar refractivity (Wildman–Crippen MR) is 54.2 cm³/mol. The van der Waals surface area contributed by atoms with E-state index in [2.05, 4.69) is 0 Å². The molecule has 0 saturated heterocycles. The van der Waals surface area contributed by atoms with Gasteiger partial charge in [0.05, 0.1) is 19.1 Å². The van der Waals surface area contributed by atoms with Gasteiger partial charge in [-0.1, -0.05) is 0 Å². The van der Waals surface area contributed by atoms with Crippen molar-refractivity contribution in [2.24, 2.45) is 0 Å². The number of hydrogen-bond acceptors (Lipinski definition) is 5. The minimum atomic E-state index is -0.734. The second-order valence-corrected chi connectivity index (χ2v) is 3.37. The highest BCUT2D eigenvalue weighted by Crippen LogP contribution is 2.03. The first kappa shape index (κ1) is 14.3. The van der Waals surface area contributed by atoms with Gasteiger partial charge in [0.1, 0.15) is 0 Å². The number of carbonyl (C=O) groups is 1. The summed E-state index contributed by atoms with van der Waals surface area (Å²) in [6.07, 6.45) is 1.37. The smallest absolute Gasteiger partial charge is 0.308 e. The zero-order chi connectivity index (χ0) is 11.5. The first-order valence-corrected chi connectivity index (χ1v) is 5.26. The number of carbonyl (C=O) groups excluding carboxylic acids is 1. The molecule has 0 aromatic rings. The molecule has 0 aromatic heterocycles. The van der Waals surface area contributed by atoms with Crippen molar-refractivity contribution < 1.29 is 24.9 Å². The van der Waals surface area contributed by atoms with Crippen LogP contribution in [0.5, 0.6) is 0 Å². The molecule has 0 saturated carbocycles. The number of esters is 1. The van der Waals surface area contributed by atoms with Gasteiger partial charge < -0.3 is 20.1 Å². The molecule has 0 aromatic carbocycles. The van der Waals surface area contributed by atoms with Crippen LogP contribution in [-0.4, -0.2) is 47.2 Å². The summed E-state index contributed by atoms with van der Waals surface area (Å²) in [7, 11) is 0. The molecule has 0 fully saturated rings. The average Bonchev–Trinajstić information content (AvgIpc) is 2.21. The molecule has 0 radical (unpaired) electrons.